The minimum Gasteiger partial charge on any atom is -0.377 e. The van der Waals surface area contributed by atoms with Gasteiger partial charge in [0.25, 0.3) is 0 Å². The number of benzene rings is 2. The summed E-state index contributed by atoms with van der Waals surface area (Å²) in [6.07, 6.45) is 0.995. The molecule has 0 radical (unpaired) electrons. The number of nitrogens with one attached hydrogen (secondary N) is 1. The van der Waals surface area contributed by atoms with E-state index in [1.54, 1.807) is 6.07 Å². The first-order valence-corrected chi connectivity index (χ1v) is 7.57. The van der Waals surface area contributed by atoms with Crippen molar-refractivity contribution in [3.05, 3.63) is 70.4 Å². The van der Waals surface area contributed by atoms with Gasteiger partial charge in [0.2, 0.25) is 0 Å². The summed E-state index contributed by atoms with van der Waals surface area (Å²) in [6, 6.07) is 17.4. The average molecular weight is 293 g/mol. The van der Waals surface area contributed by atoms with E-state index in [-0.39, 0.29) is 5.43 Å². The van der Waals surface area contributed by atoms with Gasteiger partial charge < -0.3 is 9.72 Å². The molecule has 0 spiro atoms. The van der Waals surface area contributed by atoms with Crippen LogP contribution in [0.15, 0.2) is 59.4 Å². The first-order valence-electron chi connectivity index (χ1n) is 7.57. The largest absolute Gasteiger partial charge is 0.377 e. The number of aromatic amines is 1. The molecule has 0 saturated heterocycles. The fourth-order valence-corrected chi connectivity index (χ4v) is 2.49. The number of H-pyrrole nitrogens is 1. The molecule has 0 bridgehead atoms. The van der Waals surface area contributed by atoms with Gasteiger partial charge in [-0.25, -0.2) is 0 Å². The number of pyridine rings is 1. The Kier molecular flexibility index (Phi) is 4.35. The van der Waals surface area contributed by atoms with Crippen LogP contribution >= 0.6 is 0 Å². The molecule has 22 heavy (non-hydrogen) atoms. The molecule has 0 aliphatic carbocycles. The van der Waals surface area contributed by atoms with Crippen molar-refractivity contribution in [2.45, 2.75) is 20.0 Å². The lowest BCUT2D eigenvalue weighted by atomic mass is 10.1. The molecule has 0 aliphatic heterocycles. The van der Waals surface area contributed by atoms with Gasteiger partial charge in [0.05, 0.1) is 6.61 Å². The van der Waals surface area contributed by atoms with Crippen LogP contribution in [0, 0.1) is 0 Å². The molecule has 1 heterocycles. The van der Waals surface area contributed by atoms with Crippen molar-refractivity contribution >= 4 is 10.9 Å². The quantitative estimate of drug-likeness (QED) is 0.719. The second-order valence-corrected chi connectivity index (χ2v) is 5.35. The van der Waals surface area contributed by atoms with Crippen LogP contribution in [0.2, 0.25) is 0 Å². The third-order valence-corrected chi connectivity index (χ3v) is 3.60. The zero-order chi connectivity index (χ0) is 15.4. The zero-order valence-electron chi connectivity index (χ0n) is 12.6. The van der Waals surface area contributed by atoms with Crippen LogP contribution in [0.4, 0.5) is 0 Å². The van der Waals surface area contributed by atoms with E-state index in [4.69, 9.17) is 4.74 Å². The van der Waals surface area contributed by atoms with Crippen molar-refractivity contribution in [1.82, 2.24) is 4.98 Å². The van der Waals surface area contributed by atoms with Gasteiger partial charge >= 0.3 is 0 Å². The van der Waals surface area contributed by atoms with E-state index in [0.717, 1.165) is 35.4 Å². The molecule has 1 N–H and O–H groups in total. The van der Waals surface area contributed by atoms with E-state index in [9.17, 15) is 4.79 Å². The van der Waals surface area contributed by atoms with Crippen LogP contribution in [0.5, 0.6) is 0 Å². The fraction of sp³-hybridized carbons (Fsp3) is 0.211. The van der Waals surface area contributed by atoms with Gasteiger partial charge in [0, 0.05) is 29.3 Å². The van der Waals surface area contributed by atoms with Crippen LogP contribution in [-0.4, -0.2) is 11.6 Å². The third kappa shape index (κ3) is 3.10. The molecule has 3 rings (SSSR count). The Hall–Kier alpha value is -2.39. The SMILES string of the molecule is CCCOCc1ccc2[nH]c(-c3ccccc3)cc(=O)c2c1. The zero-order valence-corrected chi connectivity index (χ0v) is 12.6. The number of hydrogen-bond donors (Lipinski definition) is 1. The summed E-state index contributed by atoms with van der Waals surface area (Å²) in [4.78, 5) is 15.7. The lowest BCUT2D eigenvalue weighted by Gasteiger charge is -2.07. The third-order valence-electron chi connectivity index (χ3n) is 3.60. The van der Waals surface area contributed by atoms with Crippen LogP contribution in [-0.2, 0) is 11.3 Å². The van der Waals surface area contributed by atoms with Crippen LogP contribution in [0.25, 0.3) is 22.2 Å². The minimum absolute atomic E-state index is 0.0324. The van der Waals surface area contributed by atoms with Crippen molar-refractivity contribution < 1.29 is 4.74 Å². The molecule has 0 aliphatic rings. The summed E-state index contributed by atoms with van der Waals surface area (Å²) in [6.45, 7) is 3.36. The smallest absolute Gasteiger partial charge is 0.190 e. The van der Waals surface area contributed by atoms with E-state index >= 15 is 0 Å². The van der Waals surface area contributed by atoms with E-state index in [1.807, 2.05) is 48.5 Å². The number of aromatic nitrogens is 1. The second-order valence-electron chi connectivity index (χ2n) is 5.35. The maximum atomic E-state index is 12.4. The summed E-state index contributed by atoms with van der Waals surface area (Å²) >= 11 is 0. The molecule has 0 saturated carbocycles. The number of ether oxygens (including phenoxy) is 1. The monoisotopic (exact) mass is 293 g/mol. The molecule has 0 amide bonds. The number of rotatable bonds is 5. The van der Waals surface area contributed by atoms with Gasteiger partial charge in [-0.1, -0.05) is 43.3 Å². The van der Waals surface area contributed by atoms with E-state index in [1.165, 1.54) is 0 Å². The molecule has 1 aromatic heterocycles. The first kappa shape index (κ1) is 14.5. The van der Waals surface area contributed by atoms with Gasteiger partial charge in [0.1, 0.15) is 0 Å². The van der Waals surface area contributed by atoms with Crippen molar-refractivity contribution in [2.24, 2.45) is 0 Å². The van der Waals surface area contributed by atoms with Crippen molar-refractivity contribution in [3.63, 3.8) is 0 Å². The summed E-state index contributed by atoms with van der Waals surface area (Å²) < 4.78 is 5.54. The molecular weight excluding hydrogens is 274 g/mol. The predicted molar refractivity (Wildman–Crippen MR) is 90.0 cm³/mol. The van der Waals surface area contributed by atoms with Crippen LogP contribution < -0.4 is 5.43 Å². The molecule has 0 atom stereocenters. The lowest BCUT2D eigenvalue weighted by Crippen LogP contribution is -2.04. The van der Waals surface area contributed by atoms with Gasteiger partial charge in [-0.3, -0.25) is 4.79 Å². The molecule has 0 fully saturated rings. The molecule has 3 aromatic rings. The molecule has 2 aromatic carbocycles. The molecule has 0 unspecified atom stereocenters. The summed E-state index contributed by atoms with van der Waals surface area (Å²) in [7, 11) is 0. The standard InChI is InChI=1S/C19H19NO2/c1-2-10-22-13-14-8-9-17-16(11-14)19(21)12-18(20-17)15-6-4-3-5-7-15/h3-9,11-12H,2,10,13H2,1H3,(H,20,21). The minimum atomic E-state index is 0.0324. The van der Waals surface area contributed by atoms with Crippen LogP contribution in [0.3, 0.4) is 0 Å². The maximum Gasteiger partial charge on any atom is 0.190 e. The molecular formula is C19H19NO2. The van der Waals surface area contributed by atoms with Gasteiger partial charge in [-0.05, 0) is 29.7 Å². The lowest BCUT2D eigenvalue weighted by molar-refractivity contribution is 0.121. The Balaban J connectivity index is 1.98. The fourth-order valence-electron chi connectivity index (χ4n) is 2.49. The Bertz CT molecular complexity index is 822. The highest BCUT2D eigenvalue weighted by molar-refractivity contribution is 5.82. The van der Waals surface area contributed by atoms with E-state index < -0.39 is 0 Å². The molecule has 3 nitrogen and oxygen atoms in total. The summed E-state index contributed by atoms with van der Waals surface area (Å²) in [5.41, 5.74) is 3.76. The topological polar surface area (TPSA) is 42.1 Å². The van der Waals surface area contributed by atoms with Gasteiger partial charge in [-0.2, -0.15) is 0 Å². The van der Waals surface area contributed by atoms with E-state index in [0.29, 0.717) is 12.0 Å². The number of hydrogen-bond acceptors (Lipinski definition) is 2. The molecule has 112 valence electrons. The average Bonchev–Trinajstić information content (AvgIpc) is 2.56. The van der Waals surface area contributed by atoms with Crippen LogP contribution in [0.1, 0.15) is 18.9 Å². The van der Waals surface area contributed by atoms with Crippen molar-refractivity contribution in [2.75, 3.05) is 6.61 Å². The molecule has 3 heteroatoms. The van der Waals surface area contributed by atoms with Gasteiger partial charge in [0.15, 0.2) is 5.43 Å². The highest BCUT2D eigenvalue weighted by atomic mass is 16.5. The maximum absolute atomic E-state index is 12.4. The van der Waals surface area contributed by atoms with Gasteiger partial charge in [-0.15, -0.1) is 0 Å². The normalized spacial score (nSPS) is 11.0. The van der Waals surface area contributed by atoms with Crippen molar-refractivity contribution in [1.29, 1.82) is 0 Å². The first-order chi connectivity index (χ1) is 10.8. The second kappa shape index (κ2) is 6.58. The van der Waals surface area contributed by atoms with Crippen molar-refractivity contribution in [3.8, 4) is 11.3 Å². The summed E-state index contributed by atoms with van der Waals surface area (Å²) in [5, 5.41) is 0.706. The number of fused-ring (bicyclic) bond motifs is 1. The Labute approximate surface area is 129 Å². The van der Waals surface area contributed by atoms with E-state index in [2.05, 4.69) is 11.9 Å². The summed E-state index contributed by atoms with van der Waals surface area (Å²) in [5.74, 6) is 0. The Morgan fingerprint density at radius 3 is 2.64 bits per heavy atom. The predicted octanol–water partition coefficient (Wildman–Crippen LogP) is 4.12. The Morgan fingerprint density at radius 1 is 1.05 bits per heavy atom. The highest BCUT2D eigenvalue weighted by Crippen LogP contribution is 2.19. The highest BCUT2D eigenvalue weighted by Gasteiger charge is 2.05. The Morgan fingerprint density at radius 2 is 1.86 bits per heavy atom.